The molecule has 0 saturated carbocycles. The van der Waals surface area contributed by atoms with Crippen LogP contribution in [0.3, 0.4) is 0 Å². The van der Waals surface area contributed by atoms with Crippen molar-refractivity contribution < 1.29 is 0 Å². The molecule has 76 valence electrons. The van der Waals surface area contributed by atoms with E-state index in [4.69, 9.17) is 10.5 Å². The molecule has 0 bridgehead atoms. The van der Waals surface area contributed by atoms with Gasteiger partial charge in [0.05, 0.1) is 17.1 Å². The SMILES string of the molecule is N#Cc1cccc(Nc2ncsc2C#N)c1. The summed E-state index contributed by atoms with van der Waals surface area (Å²) in [5.74, 6) is 0.530. The van der Waals surface area contributed by atoms with Gasteiger partial charge in [-0.25, -0.2) is 4.98 Å². The maximum absolute atomic E-state index is 8.81. The molecule has 16 heavy (non-hydrogen) atoms. The Kier molecular flexibility index (Phi) is 2.81. The van der Waals surface area contributed by atoms with Gasteiger partial charge in [-0.15, -0.1) is 11.3 Å². The lowest BCUT2D eigenvalue weighted by atomic mass is 10.2. The highest BCUT2D eigenvalue weighted by molar-refractivity contribution is 7.10. The highest BCUT2D eigenvalue weighted by Crippen LogP contribution is 2.22. The van der Waals surface area contributed by atoms with E-state index in [1.807, 2.05) is 6.07 Å². The molecule has 0 radical (unpaired) electrons. The van der Waals surface area contributed by atoms with Gasteiger partial charge >= 0.3 is 0 Å². The number of thiazole rings is 1. The summed E-state index contributed by atoms with van der Waals surface area (Å²) in [6, 6.07) is 11.1. The lowest BCUT2D eigenvalue weighted by molar-refractivity contribution is 1.36. The fourth-order valence-corrected chi connectivity index (χ4v) is 1.75. The molecular weight excluding hydrogens is 220 g/mol. The van der Waals surface area contributed by atoms with Gasteiger partial charge in [-0.05, 0) is 18.2 Å². The minimum absolute atomic E-state index is 0.530. The number of hydrogen-bond donors (Lipinski definition) is 1. The normalized spacial score (nSPS) is 9.12. The van der Waals surface area contributed by atoms with E-state index in [1.165, 1.54) is 11.3 Å². The lowest BCUT2D eigenvalue weighted by Crippen LogP contribution is -1.92. The van der Waals surface area contributed by atoms with Gasteiger partial charge in [0, 0.05) is 5.69 Å². The summed E-state index contributed by atoms with van der Waals surface area (Å²) in [6.07, 6.45) is 0. The summed E-state index contributed by atoms with van der Waals surface area (Å²) in [7, 11) is 0. The van der Waals surface area contributed by atoms with E-state index >= 15 is 0 Å². The monoisotopic (exact) mass is 226 g/mol. The van der Waals surface area contributed by atoms with Gasteiger partial charge in [-0.1, -0.05) is 6.07 Å². The summed E-state index contributed by atoms with van der Waals surface area (Å²) < 4.78 is 0. The number of nitriles is 2. The Morgan fingerprint density at radius 1 is 1.25 bits per heavy atom. The van der Waals surface area contributed by atoms with Crippen LogP contribution in [0.15, 0.2) is 29.8 Å². The number of nitrogens with zero attached hydrogens (tertiary/aromatic N) is 3. The zero-order chi connectivity index (χ0) is 11.4. The molecule has 5 heteroatoms. The van der Waals surface area contributed by atoms with E-state index in [1.54, 1.807) is 23.7 Å². The quantitative estimate of drug-likeness (QED) is 0.854. The maximum Gasteiger partial charge on any atom is 0.159 e. The molecule has 0 aliphatic carbocycles. The van der Waals surface area contributed by atoms with Crippen LogP contribution in [0.25, 0.3) is 0 Å². The summed E-state index contributed by atoms with van der Waals surface area (Å²) in [5, 5.41) is 20.6. The van der Waals surface area contributed by atoms with Gasteiger partial charge in [0.1, 0.15) is 10.9 Å². The molecule has 1 heterocycles. The number of nitrogens with one attached hydrogen (secondary N) is 1. The van der Waals surface area contributed by atoms with Crippen molar-refractivity contribution in [2.45, 2.75) is 0 Å². The zero-order valence-corrected chi connectivity index (χ0v) is 8.95. The number of anilines is 2. The Morgan fingerprint density at radius 3 is 2.88 bits per heavy atom. The van der Waals surface area contributed by atoms with Crippen molar-refractivity contribution in [3.05, 3.63) is 40.2 Å². The fourth-order valence-electron chi connectivity index (χ4n) is 1.22. The molecule has 4 nitrogen and oxygen atoms in total. The van der Waals surface area contributed by atoms with E-state index in [9.17, 15) is 0 Å². The van der Waals surface area contributed by atoms with E-state index in [0.29, 0.717) is 16.3 Å². The first-order chi connectivity index (χ1) is 7.83. The second-order valence-electron chi connectivity index (χ2n) is 2.96. The van der Waals surface area contributed by atoms with Crippen LogP contribution in [0, 0.1) is 22.7 Å². The first-order valence-corrected chi connectivity index (χ1v) is 5.32. The van der Waals surface area contributed by atoms with Crippen molar-refractivity contribution in [3.8, 4) is 12.1 Å². The van der Waals surface area contributed by atoms with E-state index in [0.717, 1.165) is 5.69 Å². The molecule has 0 atom stereocenters. The molecule has 1 aromatic heterocycles. The number of aromatic nitrogens is 1. The lowest BCUT2D eigenvalue weighted by Gasteiger charge is -2.03. The van der Waals surface area contributed by atoms with Crippen molar-refractivity contribution in [2.24, 2.45) is 0 Å². The second kappa shape index (κ2) is 4.43. The van der Waals surface area contributed by atoms with Crippen LogP contribution >= 0.6 is 11.3 Å². The van der Waals surface area contributed by atoms with Crippen LogP contribution < -0.4 is 5.32 Å². The van der Waals surface area contributed by atoms with Crippen LogP contribution in [0.1, 0.15) is 10.4 Å². The molecule has 0 aliphatic rings. The number of hydrogen-bond acceptors (Lipinski definition) is 5. The average Bonchev–Trinajstić information content (AvgIpc) is 2.76. The molecule has 2 rings (SSSR count). The summed E-state index contributed by atoms with van der Waals surface area (Å²) in [5.41, 5.74) is 2.93. The van der Waals surface area contributed by atoms with Crippen LogP contribution in [0.4, 0.5) is 11.5 Å². The largest absolute Gasteiger partial charge is 0.338 e. The standard InChI is InChI=1S/C11H6N4S/c12-5-8-2-1-3-9(4-8)15-11-10(6-13)16-7-14-11/h1-4,7,15H. The van der Waals surface area contributed by atoms with Gasteiger partial charge in [-0.3, -0.25) is 0 Å². The van der Waals surface area contributed by atoms with Gasteiger partial charge in [-0.2, -0.15) is 10.5 Å². The summed E-state index contributed by atoms with van der Waals surface area (Å²) >= 11 is 1.28. The van der Waals surface area contributed by atoms with Gasteiger partial charge in [0.2, 0.25) is 0 Å². The minimum Gasteiger partial charge on any atom is -0.338 e. The van der Waals surface area contributed by atoms with E-state index in [-0.39, 0.29) is 0 Å². The number of rotatable bonds is 2. The molecule has 0 amide bonds. The topological polar surface area (TPSA) is 72.5 Å². The Balaban J connectivity index is 2.28. The minimum atomic E-state index is 0.530. The Bertz CT molecular complexity index is 589. The molecule has 0 fully saturated rings. The summed E-state index contributed by atoms with van der Waals surface area (Å²) in [6.45, 7) is 0. The van der Waals surface area contributed by atoms with Crippen LogP contribution in [0.5, 0.6) is 0 Å². The first-order valence-electron chi connectivity index (χ1n) is 4.44. The molecule has 2 aromatic rings. The van der Waals surface area contributed by atoms with Gasteiger partial charge in [0.25, 0.3) is 0 Å². The molecule has 0 aliphatic heterocycles. The van der Waals surface area contributed by atoms with Gasteiger partial charge in [0.15, 0.2) is 5.82 Å². The maximum atomic E-state index is 8.81. The van der Waals surface area contributed by atoms with Gasteiger partial charge < -0.3 is 5.32 Å². The predicted octanol–water partition coefficient (Wildman–Crippen LogP) is 2.63. The van der Waals surface area contributed by atoms with Crippen LogP contribution in [-0.2, 0) is 0 Å². The summed E-state index contributed by atoms with van der Waals surface area (Å²) in [4.78, 5) is 4.57. The average molecular weight is 226 g/mol. The smallest absolute Gasteiger partial charge is 0.159 e. The van der Waals surface area contributed by atoms with Crippen molar-refractivity contribution in [1.29, 1.82) is 10.5 Å². The highest BCUT2D eigenvalue weighted by atomic mass is 32.1. The second-order valence-corrected chi connectivity index (χ2v) is 3.81. The molecule has 0 saturated heterocycles. The molecule has 1 N–H and O–H groups in total. The molecule has 0 unspecified atom stereocenters. The molecule has 0 spiro atoms. The molecular formula is C11H6N4S. The predicted molar refractivity (Wildman–Crippen MR) is 61.3 cm³/mol. The first kappa shape index (κ1) is 10.2. The van der Waals surface area contributed by atoms with Crippen LogP contribution in [0.2, 0.25) is 0 Å². The Hall–Kier alpha value is -2.37. The molecule has 1 aromatic carbocycles. The Labute approximate surface area is 96.4 Å². The fraction of sp³-hybridized carbons (Fsp3) is 0. The van der Waals surface area contributed by atoms with Crippen molar-refractivity contribution in [2.75, 3.05) is 5.32 Å². The zero-order valence-electron chi connectivity index (χ0n) is 8.14. The third-order valence-electron chi connectivity index (χ3n) is 1.92. The van der Waals surface area contributed by atoms with Crippen molar-refractivity contribution in [1.82, 2.24) is 4.98 Å². The highest BCUT2D eigenvalue weighted by Gasteiger charge is 2.05. The third-order valence-corrected chi connectivity index (χ3v) is 2.65. The number of benzene rings is 1. The van der Waals surface area contributed by atoms with Crippen LogP contribution in [-0.4, -0.2) is 4.98 Å². The Morgan fingerprint density at radius 2 is 2.12 bits per heavy atom. The van der Waals surface area contributed by atoms with E-state index in [2.05, 4.69) is 22.4 Å². The third kappa shape index (κ3) is 2.00. The van der Waals surface area contributed by atoms with Crippen molar-refractivity contribution in [3.63, 3.8) is 0 Å². The van der Waals surface area contributed by atoms with E-state index < -0.39 is 0 Å². The van der Waals surface area contributed by atoms with Crippen molar-refractivity contribution >= 4 is 22.8 Å².